The summed E-state index contributed by atoms with van der Waals surface area (Å²) in [7, 11) is 0. The first-order valence-corrected chi connectivity index (χ1v) is 18.5. The maximum Gasteiger partial charge on any atom is 0.255 e. The van der Waals surface area contributed by atoms with Gasteiger partial charge in [-0.15, -0.1) is 0 Å². The maximum absolute atomic E-state index is 13.2. The van der Waals surface area contributed by atoms with E-state index in [0.717, 1.165) is 31.0 Å². The summed E-state index contributed by atoms with van der Waals surface area (Å²) in [6.07, 6.45) is 5.56. The quantitative estimate of drug-likeness (QED) is 0.103. The summed E-state index contributed by atoms with van der Waals surface area (Å²) >= 11 is 0. The van der Waals surface area contributed by atoms with Gasteiger partial charge in [0.1, 0.15) is 11.5 Å². The van der Waals surface area contributed by atoms with Gasteiger partial charge in [-0.2, -0.15) is 0 Å². The average molecular weight is 676 g/mol. The summed E-state index contributed by atoms with van der Waals surface area (Å²) < 4.78 is 2.49. The fourth-order valence-corrected chi connectivity index (χ4v) is 6.65. The molecule has 6 nitrogen and oxygen atoms in total. The van der Waals surface area contributed by atoms with Crippen molar-refractivity contribution in [1.29, 1.82) is 0 Å². The first kappa shape index (κ1) is 38.3. The van der Waals surface area contributed by atoms with Crippen molar-refractivity contribution < 1.29 is 15.0 Å². The molecule has 0 aliphatic carbocycles. The molecule has 0 fully saturated rings. The van der Waals surface area contributed by atoms with Crippen LogP contribution in [-0.4, -0.2) is 45.2 Å². The monoisotopic (exact) mass is 675 g/mol. The molecule has 0 spiro atoms. The molecule has 1 heterocycles. The second-order valence-corrected chi connectivity index (χ2v) is 13.3. The molecule has 1 amide bonds. The highest BCUT2D eigenvalue weighted by Crippen LogP contribution is 2.39. The standard InChI is InChI=1S/C42H51N3O3.C2H6/c1-6-20-44(23-19-29(3)7-2)21-12-22-45-31(5)30(4)37-26-33(17-18-38(37)45)24-32-13-11-16-35(25-32)42(48)43-36-27-39(46)41(40(47)28-36)34-14-9-8-10-15-34;1-2/h8-11,13-18,25-29,46-47H,6-7,12,19-24H2,1-5H3,(H,43,48);1-2H3. The van der Waals surface area contributed by atoms with Crippen LogP contribution in [0, 0.1) is 19.8 Å². The molecule has 0 aliphatic heterocycles. The smallest absolute Gasteiger partial charge is 0.255 e. The third kappa shape index (κ3) is 9.57. The molecule has 0 saturated heterocycles. The summed E-state index contributed by atoms with van der Waals surface area (Å²) in [5.41, 5.74) is 8.04. The minimum Gasteiger partial charge on any atom is -0.507 e. The molecule has 50 heavy (non-hydrogen) atoms. The van der Waals surface area contributed by atoms with Crippen LogP contribution in [0.3, 0.4) is 0 Å². The number of hydrogen-bond acceptors (Lipinski definition) is 4. The molecule has 5 rings (SSSR count). The molecule has 4 aromatic carbocycles. The van der Waals surface area contributed by atoms with Gasteiger partial charge in [-0.3, -0.25) is 4.79 Å². The zero-order valence-electron chi connectivity index (χ0n) is 31.2. The highest BCUT2D eigenvalue weighted by atomic mass is 16.3. The fraction of sp³-hybridized carbons (Fsp3) is 0.386. The second-order valence-electron chi connectivity index (χ2n) is 13.3. The molecule has 0 aliphatic rings. The molecule has 1 atom stereocenters. The summed E-state index contributed by atoms with van der Waals surface area (Å²) in [5, 5.41) is 25.4. The summed E-state index contributed by atoms with van der Waals surface area (Å²) in [6.45, 7) is 19.9. The Kier molecular flexibility index (Phi) is 14.1. The van der Waals surface area contributed by atoms with E-state index < -0.39 is 0 Å². The first-order valence-electron chi connectivity index (χ1n) is 18.5. The number of nitrogens with zero attached hydrogens (tertiary/aromatic N) is 2. The SMILES string of the molecule is CC.CCCN(CCCn1c(C)c(C)c2cc(Cc3cccc(C(=O)Nc4cc(O)c(-c5ccccc5)c(O)c4)c3)ccc21)CCC(C)CC. The van der Waals surface area contributed by atoms with E-state index in [1.807, 2.05) is 62.4 Å². The van der Waals surface area contributed by atoms with E-state index >= 15 is 0 Å². The normalized spacial score (nSPS) is 11.8. The molecule has 1 unspecified atom stereocenters. The molecule has 1 aromatic heterocycles. The Balaban J connectivity index is 0.00000276. The number of carbonyl (C=O) groups is 1. The van der Waals surface area contributed by atoms with Crippen LogP contribution in [0.4, 0.5) is 5.69 Å². The van der Waals surface area contributed by atoms with Gasteiger partial charge in [-0.1, -0.05) is 89.6 Å². The van der Waals surface area contributed by atoms with Crippen molar-refractivity contribution in [2.24, 2.45) is 5.92 Å². The highest BCUT2D eigenvalue weighted by molar-refractivity contribution is 6.05. The van der Waals surface area contributed by atoms with E-state index in [-0.39, 0.29) is 17.4 Å². The van der Waals surface area contributed by atoms with Gasteiger partial charge < -0.3 is 25.0 Å². The number of carbonyl (C=O) groups excluding carboxylic acids is 1. The highest BCUT2D eigenvalue weighted by Gasteiger charge is 2.16. The number of anilines is 1. The molecule has 0 bridgehead atoms. The molecule has 0 radical (unpaired) electrons. The van der Waals surface area contributed by atoms with Gasteiger partial charge in [-0.05, 0) is 112 Å². The van der Waals surface area contributed by atoms with Gasteiger partial charge in [-0.25, -0.2) is 0 Å². The van der Waals surface area contributed by atoms with Gasteiger partial charge >= 0.3 is 0 Å². The summed E-state index contributed by atoms with van der Waals surface area (Å²) in [4.78, 5) is 15.9. The number of hydrogen-bond donors (Lipinski definition) is 3. The van der Waals surface area contributed by atoms with Crippen molar-refractivity contribution in [3.8, 4) is 22.6 Å². The number of amides is 1. The van der Waals surface area contributed by atoms with E-state index in [1.165, 1.54) is 72.2 Å². The maximum atomic E-state index is 13.2. The van der Waals surface area contributed by atoms with Crippen LogP contribution in [0.15, 0.2) is 84.9 Å². The van der Waals surface area contributed by atoms with Crippen molar-refractivity contribution in [3.63, 3.8) is 0 Å². The minimum absolute atomic E-state index is 0.101. The van der Waals surface area contributed by atoms with Gasteiger partial charge in [0.05, 0.1) is 5.56 Å². The van der Waals surface area contributed by atoms with E-state index in [1.54, 1.807) is 6.07 Å². The fourth-order valence-electron chi connectivity index (χ4n) is 6.65. The van der Waals surface area contributed by atoms with E-state index in [0.29, 0.717) is 28.8 Å². The molecule has 266 valence electrons. The zero-order valence-corrected chi connectivity index (χ0v) is 31.2. The molecular weight excluding hydrogens is 619 g/mol. The number of benzene rings is 4. The second kappa shape index (κ2) is 18.4. The molecule has 3 N–H and O–H groups in total. The lowest BCUT2D eigenvalue weighted by molar-refractivity contribution is 0.102. The van der Waals surface area contributed by atoms with Crippen molar-refractivity contribution >= 4 is 22.5 Å². The van der Waals surface area contributed by atoms with Crippen molar-refractivity contribution in [2.75, 3.05) is 25.0 Å². The Morgan fingerprint density at radius 1 is 0.840 bits per heavy atom. The van der Waals surface area contributed by atoms with E-state index in [9.17, 15) is 15.0 Å². The van der Waals surface area contributed by atoms with Crippen molar-refractivity contribution in [3.05, 3.63) is 113 Å². The molecular formula is C44H57N3O3. The Bertz CT molecular complexity index is 1820. The third-order valence-electron chi connectivity index (χ3n) is 9.75. The van der Waals surface area contributed by atoms with E-state index in [4.69, 9.17) is 0 Å². The van der Waals surface area contributed by atoms with Crippen molar-refractivity contribution in [1.82, 2.24) is 9.47 Å². The number of aryl methyl sites for hydroxylation is 2. The van der Waals surface area contributed by atoms with Crippen LogP contribution in [0.2, 0.25) is 0 Å². The number of rotatable bonds is 15. The summed E-state index contributed by atoms with van der Waals surface area (Å²) in [5.74, 6) is 0.274. The number of nitrogens with one attached hydrogen (secondary N) is 1. The Labute approximate surface area is 299 Å². The lowest BCUT2D eigenvalue weighted by Crippen LogP contribution is -2.28. The van der Waals surface area contributed by atoms with Gasteiger partial charge in [0.15, 0.2) is 0 Å². The Morgan fingerprint density at radius 3 is 2.22 bits per heavy atom. The van der Waals surface area contributed by atoms with Crippen LogP contribution in [0.25, 0.3) is 22.0 Å². The predicted octanol–water partition coefficient (Wildman–Crippen LogP) is 10.7. The van der Waals surface area contributed by atoms with Crippen LogP contribution in [0.5, 0.6) is 11.5 Å². The van der Waals surface area contributed by atoms with Crippen LogP contribution in [-0.2, 0) is 13.0 Å². The van der Waals surface area contributed by atoms with Crippen LogP contribution >= 0.6 is 0 Å². The Morgan fingerprint density at radius 2 is 1.54 bits per heavy atom. The van der Waals surface area contributed by atoms with E-state index in [2.05, 4.69) is 67.6 Å². The first-order chi connectivity index (χ1) is 24.2. The number of aromatic hydroxyl groups is 2. The largest absolute Gasteiger partial charge is 0.507 e. The lowest BCUT2D eigenvalue weighted by atomic mass is 10.0. The molecule has 0 saturated carbocycles. The van der Waals surface area contributed by atoms with Gasteiger partial charge in [0.25, 0.3) is 5.91 Å². The Hall–Kier alpha value is -4.55. The number of fused-ring (bicyclic) bond motifs is 1. The predicted molar refractivity (Wildman–Crippen MR) is 211 cm³/mol. The number of aromatic nitrogens is 1. The number of phenolic OH excluding ortho intramolecular Hbond substituents is 2. The lowest BCUT2D eigenvalue weighted by Gasteiger charge is -2.23. The van der Waals surface area contributed by atoms with Crippen LogP contribution in [0.1, 0.15) is 93.0 Å². The average Bonchev–Trinajstić information content (AvgIpc) is 3.35. The topological polar surface area (TPSA) is 77.7 Å². The third-order valence-corrected chi connectivity index (χ3v) is 9.75. The molecule has 5 aromatic rings. The minimum atomic E-state index is -0.306. The van der Waals surface area contributed by atoms with Gasteiger partial charge in [0, 0.05) is 46.5 Å². The van der Waals surface area contributed by atoms with Gasteiger partial charge in [0.2, 0.25) is 0 Å². The summed E-state index contributed by atoms with van der Waals surface area (Å²) in [6, 6.07) is 26.5. The number of phenols is 2. The van der Waals surface area contributed by atoms with Crippen LogP contribution < -0.4 is 5.32 Å². The zero-order chi connectivity index (χ0) is 36.2. The van der Waals surface area contributed by atoms with Crippen molar-refractivity contribution in [2.45, 2.75) is 87.1 Å². The molecule has 6 heteroatoms.